The van der Waals surface area contributed by atoms with Crippen LogP contribution in [0.2, 0.25) is 0 Å². The lowest BCUT2D eigenvalue weighted by atomic mass is 10.1. The summed E-state index contributed by atoms with van der Waals surface area (Å²) in [6.07, 6.45) is -8.98. The van der Waals surface area contributed by atoms with Crippen LogP contribution < -0.4 is 10.2 Å². The summed E-state index contributed by atoms with van der Waals surface area (Å²) in [5.41, 5.74) is -2.56. The average molecular weight is 443 g/mol. The monoisotopic (exact) mass is 443 g/mol. The van der Waals surface area contributed by atoms with Crippen LogP contribution in [0.4, 0.5) is 33.7 Å². The van der Waals surface area contributed by atoms with Gasteiger partial charge in [-0.05, 0) is 18.2 Å². The summed E-state index contributed by atoms with van der Waals surface area (Å²) in [6.45, 7) is 0. The minimum atomic E-state index is -5.02. The Morgan fingerprint density at radius 2 is 1.71 bits per heavy atom. The van der Waals surface area contributed by atoms with Crippen LogP contribution in [0.25, 0.3) is 0 Å². The number of benzene rings is 2. The van der Waals surface area contributed by atoms with Crippen molar-refractivity contribution in [2.24, 2.45) is 0 Å². The van der Waals surface area contributed by atoms with E-state index in [2.05, 4.69) is 0 Å². The molecule has 0 fully saturated rings. The molecule has 0 aliphatic rings. The third-order valence-electron chi connectivity index (χ3n) is 3.87. The SMILES string of the molecule is O=C(O)NC(CC(F)(F)F)C(=O)N(C(=O)c1c(F)cccc1[N+](=O)[O-])c1ccccc1. The standard InChI is InChI=1S/C18H13F4N3O6/c19-11-7-4-8-13(25(30)31)14(11)16(27)24(10-5-2-1-3-6-10)15(26)12(23-17(28)29)9-18(20,21)22/h1-8,12,23H,9H2,(H,28,29). The summed E-state index contributed by atoms with van der Waals surface area (Å²) < 4.78 is 53.0. The van der Waals surface area contributed by atoms with Gasteiger partial charge in [-0.3, -0.25) is 19.7 Å². The highest BCUT2D eigenvalue weighted by Crippen LogP contribution is 2.28. The molecule has 1 atom stereocenters. The molecule has 0 aliphatic carbocycles. The first-order chi connectivity index (χ1) is 14.4. The maximum absolute atomic E-state index is 14.3. The number of hydrogen-bond donors (Lipinski definition) is 2. The molecule has 0 aliphatic heterocycles. The molecular weight excluding hydrogens is 430 g/mol. The number of nitrogens with zero attached hydrogens (tertiary/aromatic N) is 2. The number of rotatable bonds is 6. The lowest BCUT2D eigenvalue weighted by Gasteiger charge is -2.26. The van der Waals surface area contributed by atoms with Crippen molar-refractivity contribution < 1.29 is 42.0 Å². The number of nitrogens with one attached hydrogen (secondary N) is 1. The molecule has 2 aromatic rings. The van der Waals surface area contributed by atoms with Crippen LogP contribution in [-0.2, 0) is 4.79 Å². The number of carbonyl (C=O) groups is 3. The molecule has 2 aromatic carbocycles. The van der Waals surface area contributed by atoms with Crippen LogP contribution in [0, 0.1) is 15.9 Å². The number of halogens is 4. The van der Waals surface area contributed by atoms with Crippen LogP contribution in [0.3, 0.4) is 0 Å². The van der Waals surface area contributed by atoms with Gasteiger partial charge in [0.05, 0.1) is 17.0 Å². The Hall–Kier alpha value is -4.03. The molecule has 0 heterocycles. The molecule has 31 heavy (non-hydrogen) atoms. The van der Waals surface area contributed by atoms with Crippen molar-refractivity contribution in [1.82, 2.24) is 5.32 Å². The van der Waals surface area contributed by atoms with E-state index in [4.69, 9.17) is 5.11 Å². The van der Waals surface area contributed by atoms with E-state index >= 15 is 0 Å². The third-order valence-corrected chi connectivity index (χ3v) is 3.87. The van der Waals surface area contributed by atoms with Crippen molar-refractivity contribution in [2.75, 3.05) is 4.90 Å². The Bertz CT molecular complexity index is 1010. The van der Waals surface area contributed by atoms with Gasteiger partial charge >= 0.3 is 12.3 Å². The first-order valence-electron chi connectivity index (χ1n) is 8.35. The van der Waals surface area contributed by atoms with Gasteiger partial charge in [-0.1, -0.05) is 24.3 Å². The van der Waals surface area contributed by atoms with Gasteiger partial charge in [0, 0.05) is 6.07 Å². The Balaban J connectivity index is 2.64. The second kappa shape index (κ2) is 9.19. The fraction of sp³-hybridized carbons (Fsp3) is 0.167. The van der Waals surface area contributed by atoms with Crippen molar-refractivity contribution >= 4 is 29.3 Å². The molecule has 0 spiro atoms. The highest BCUT2D eigenvalue weighted by Gasteiger charge is 2.41. The second-order valence-electron chi connectivity index (χ2n) is 6.03. The van der Waals surface area contributed by atoms with Gasteiger partial charge in [-0.2, -0.15) is 13.2 Å². The van der Waals surface area contributed by atoms with E-state index in [1.165, 1.54) is 23.5 Å². The summed E-state index contributed by atoms with van der Waals surface area (Å²) in [5, 5.41) is 21.4. The van der Waals surface area contributed by atoms with E-state index < -0.39 is 58.5 Å². The van der Waals surface area contributed by atoms with Crippen molar-refractivity contribution in [3.05, 3.63) is 70.0 Å². The number of anilines is 1. The number of nitro benzene ring substituents is 1. The summed E-state index contributed by atoms with van der Waals surface area (Å²) >= 11 is 0. The van der Waals surface area contributed by atoms with Crippen molar-refractivity contribution in [2.45, 2.75) is 18.6 Å². The summed E-state index contributed by atoms with van der Waals surface area (Å²) in [4.78, 5) is 46.9. The summed E-state index contributed by atoms with van der Waals surface area (Å²) in [5.74, 6) is -4.74. The van der Waals surface area contributed by atoms with Crippen molar-refractivity contribution in [1.29, 1.82) is 0 Å². The van der Waals surface area contributed by atoms with E-state index in [0.717, 1.165) is 24.3 Å². The fourth-order valence-corrected chi connectivity index (χ4v) is 2.65. The number of amides is 3. The predicted octanol–water partition coefficient (Wildman–Crippen LogP) is 3.50. The summed E-state index contributed by atoms with van der Waals surface area (Å²) in [7, 11) is 0. The number of nitro groups is 1. The number of para-hydroxylation sites is 1. The highest BCUT2D eigenvalue weighted by molar-refractivity contribution is 6.23. The van der Waals surface area contributed by atoms with Gasteiger partial charge in [0.2, 0.25) is 0 Å². The van der Waals surface area contributed by atoms with Crippen LogP contribution >= 0.6 is 0 Å². The number of imide groups is 1. The van der Waals surface area contributed by atoms with Gasteiger partial charge in [-0.15, -0.1) is 0 Å². The molecule has 0 saturated carbocycles. The second-order valence-corrected chi connectivity index (χ2v) is 6.03. The quantitative estimate of drug-likeness (QED) is 0.399. The lowest BCUT2D eigenvalue weighted by Crippen LogP contribution is -2.52. The molecule has 0 bridgehead atoms. The molecule has 0 radical (unpaired) electrons. The molecule has 1 unspecified atom stereocenters. The van der Waals surface area contributed by atoms with Crippen molar-refractivity contribution in [3.8, 4) is 0 Å². The third kappa shape index (κ3) is 5.74. The first-order valence-corrected chi connectivity index (χ1v) is 8.35. The van der Waals surface area contributed by atoms with Crippen LogP contribution in [-0.4, -0.2) is 40.2 Å². The molecule has 2 N–H and O–H groups in total. The Labute approximate surface area is 171 Å². The molecule has 164 valence electrons. The number of alkyl halides is 3. The first kappa shape index (κ1) is 23.3. The van der Waals surface area contributed by atoms with E-state index in [1.807, 2.05) is 0 Å². The van der Waals surface area contributed by atoms with Gasteiger partial charge in [0.25, 0.3) is 17.5 Å². The predicted molar refractivity (Wildman–Crippen MR) is 96.9 cm³/mol. The maximum atomic E-state index is 14.3. The van der Waals surface area contributed by atoms with Crippen molar-refractivity contribution in [3.63, 3.8) is 0 Å². The van der Waals surface area contributed by atoms with E-state index in [1.54, 1.807) is 0 Å². The maximum Gasteiger partial charge on any atom is 0.405 e. The van der Waals surface area contributed by atoms with E-state index in [9.17, 15) is 42.1 Å². The Morgan fingerprint density at radius 3 is 2.23 bits per heavy atom. The fourth-order valence-electron chi connectivity index (χ4n) is 2.65. The molecular formula is C18H13F4N3O6. The molecule has 0 aromatic heterocycles. The van der Waals surface area contributed by atoms with Crippen LogP contribution in [0.15, 0.2) is 48.5 Å². The molecule has 9 nitrogen and oxygen atoms in total. The van der Waals surface area contributed by atoms with Gasteiger partial charge in [-0.25, -0.2) is 14.1 Å². The Morgan fingerprint density at radius 1 is 1.10 bits per heavy atom. The van der Waals surface area contributed by atoms with Gasteiger partial charge < -0.3 is 10.4 Å². The topological polar surface area (TPSA) is 130 Å². The number of hydrogen-bond acceptors (Lipinski definition) is 5. The molecule has 3 amide bonds. The minimum absolute atomic E-state index is 0.0672. The Kier molecular flexibility index (Phi) is 6.89. The van der Waals surface area contributed by atoms with Gasteiger partial charge in [0.1, 0.15) is 11.9 Å². The largest absolute Gasteiger partial charge is 0.465 e. The van der Waals surface area contributed by atoms with Crippen LogP contribution in [0.1, 0.15) is 16.8 Å². The molecule has 0 saturated heterocycles. The lowest BCUT2D eigenvalue weighted by molar-refractivity contribution is -0.385. The smallest absolute Gasteiger partial charge is 0.405 e. The summed E-state index contributed by atoms with van der Waals surface area (Å²) in [6, 6.07) is 6.14. The van der Waals surface area contributed by atoms with E-state index in [-0.39, 0.29) is 10.6 Å². The number of carboxylic acid groups (broad SMARTS) is 1. The average Bonchev–Trinajstić information content (AvgIpc) is 2.66. The van der Waals surface area contributed by atoms with Crippen LogP contribution in [0.5, 0.6) is 0 Å². The molecule has 13 heteroatoms. The minimum Gasteiger partial charge on any atom is -0.465 e. The van der Waals surface area contributed by atoms with E-state index in [0.29, 0.717) is 6.07 Å². The normalized spacial score (nSPS) is 12.0. The van der Waals surface area contributed by atoms with Gasteiger partial charge in [0.15, 0.2) is 5.56 Å². The zero-order valence-electron chi connectivity index (χ0n) is 15.3. The zero-order chi connectivity index (χ0) is 23.3. The highest BCUT2D eigenvalue weighted by atomic mass is 19.4. The number of carbonyl (C=O) groups excluding carboxylic acids is 2. The zero-order valence-corrected chi connectivity index (χ0v) is 15.3. The molecule has 2 rings (SSSR count).